The van der Waals surface area contributed by atoms with Crippen molar-refractivity contribution in [2.24, 2.45) is 0 Å². The second-order valence-electron chi connectivity index (χ2n) is 5.53. The first-order valence-electron chi connectivity index (χ1n) is 6.80. The van der Waals surface area contributed by atoms with Crippen LogP contribution in [-0.4, -0.2) is 5.11 Å². The van der Waals surface area contributed by atoms with Crippen LogP contribution in [0.4, 0.5) is 5.69 Å². The van der Waals surface area contributed by atoms with Crippen molar-refractivity contribution in [1.82, 2.24) is 0 Å². The molecular weight excluding hydrogens is 234 g/mol. The fraction of sp³-hybridized carbons (Fsp3) is 0.294. The number of fused-ring (bicyclic) bond motifs is 1. The number of aryl methyl sites for hydroxylation is 2. The van der Waals surface area contributed by atoms with Crippen molar-refractivity contribution < 1.29 is 5.11 Å². The van der Waals surface area contributed by atoms with Crippen molar-refractivity contribution in [2.45, 2.75) is 32.1 Å². The Labute approximate surface area is 113 Å². The maximum atomic E-state index is 9.53. The summed E-state index contributed by atoms with van der Waals surface area (Å²) < 4.78 is 0. The summed E-state index contributed by atoms with van der Waals surface area (Å²) in [6.07, 6.45) is 3.13. The number of phenols is 1. The lowest BCUT2D eigenvalue weighted by atomic mass is 9.79. The molecule has 1 atom stereocenters. The number of nitrogen functional groups attached to an aromatic ring is 1. The van der Waals surface area contributed by atoms with Gasteiger partial charge in [-0.2, -0.15) is 0 Å². The molecule has 2 heteroatoms. The standard InChI is InChI=1S/C17H19NO/c1-11-2-7-16(17(18)8-11)14-4-3-13-10-15(19)6-5-12(13)9-14/h2,5-8,10,14,19H,3-4,9,18H2,1H3. The topological polar surface area (TPSA) is 46.2 Å². The maximum absolute atomic E-state index is 9.53. The molecule has 1 aliphatic rings. The zero-order valence-electron chi connectivity index (χ0n) is 11.2. The van der Waals surface area contributed by atoms with Gasteiger partial charge in [0.2, 0.25) is 0 Å². The Bertz CT molecular complexity index is 619. The molecule has 1 aliphatic carbocycles. The van der Waals surface area contributed by atoms with E-state index in [4.69, 9.17) is 5.73 Å². The van der Waals surface area contributed by atoms with Gasteiger partial charge < -0.3 is 10.8 Å². The van der Waals surface area contributed by atoms with E-state index in [9.17, 15) is 5.11 Å². The van der Waals surface area contributed by atoms with E-state index in [0.29, 0.717) is 11.7 Å². The lowest BCUT2D eigenvalue weighted by molar-refractivity contribution is 0.472. The fourth-order valence-electron chi connectivity index (χ4n) is 3.07. The second kappa shape index (κ2) is 4.61. The van der Waals surface area contributed by atoms with Crippen LogP contribution in [0.3, 0.4) is 0 Å². The first kappa shape index (κ1) is 12.1. The molecule has 0 aromatic heterocycles. The van der Waals surface area contributed by atoms with Crippen molar-refractivity contribution in [3.05, 3.63) is 58.7 Å². The third-order valence-electron chi connectivity index (χ3n) is 4.10. The molecule has 2 aromatic rings. The Morgan fingerprint density at radius 1 is 1.11 bits per heavy atom. The zero-order chi connectivity index (χ0) is 13.4. The van der Waals surface area contributed by atoms with Crippen molar-refractivity contribution in [3.63, 3.8) is 0 Å². The van der Waals surface area contributed by atoms with Crippen LogP contribution in [0.1, 0.15) is 34.6 Å². The van der Waals surface area contributed by atoms with Crippen LogP contribution in [0.15, 0.2) is 36.4 Å². The van der Waals surface area contributed by atoms with Gasteiger partial charge in [0, 0.05) is 5.69 Å². The van der Waals surface area contributed by atoms with Gasteiger partial charge in [0.05, 0.1) is 0 Å². The molecule has 1 unspecified atom stereocenters. The van der Waals surface area contributed by atoms with Gasteiger partial charge in [-0.05, 0) is 72.6 Å². The smallest absolute Gasteiger partial charge is 0.115 e. The molecule has 98 valence electrons. The number of phenolic OH excluding ortho intramolecular Hbond substituents is 1. The minimum Gasteiger partial charge on any atom is -0.508 e. The van der Waals surface area contributed by atoms with E-state index in [-0.39, 0.29) is 0 Å². The van der Waals surface area contributed by atoms with Crippen molar-refractivity contribution in [2.75, 3.05) is 5.73 Å². The molecular formula is C17H19NO. The number of nitrogens with two attached hydrogens (primary N) is 1. The molecule has 0 radical (unpaired) electrons. The number of aromatic hydroxyl groups is 1. The number of anilines is 1. The summed E-state index contributed by atoms with van der Waals surface area (Å²) in [4.78, 5) is 0. The van der Waals surface area contributed by atoms with E-state index in [2.05, 4.69) is 25.1 Å². The average Bonchev–Trinajstić information content (AvgIpc) is 2.38. The van der Waals surface area contributed by atoms with Crippen molar-refractivity contribution in [1.29, 1.82) is 0 Å². The molecule has 0 spiro atoms. The summed E-state index contributed by atoms with van der Waals surface area (Å²) in [5.41, 5.74) is 12.2. The normalized spacial score (nSPS) is 18.1. The number of benzene rings is 2. The molecule has 0 bridgehead atoms. The van der Waals surface area contributed by atoms with Crippen LogP contribution in [0, 0.1) is 6.92 Å². The maximum Gasteiger partial charge on any atom is 0.115 e. The van der Waals surface area contributed by atoms with Crippen LogP contribution in [0.5, 0.6) is 5.75 Å². The van der Waals surface area contributed by atoms with Gasteiger partial charge in [-0.15, -0.1) is 0 Å². The minimum atomic E-state index is 0.368. The lowest BCUT2D eigenvalue weighted by Crippen LogP contribution is -2.14. The molecule has 0 saturated carbocycles. The Balaban J connectivity index is 1.91. The molecule has 2 aromatic carbocycles. The fourth-order valence-corrected chi connectivity index (χ4v) is 3.07. The molecule has 0 saturated heterocycles. The van der Waals surface area contributed by atoms with E-state index in [0.717, 1.165) is 24.9 Å². The van der Waals surface area contributed by atoms with Crippen LogP contribution in [0.25, 0.3) is 0 Å². The molecule has 0 heterocycles. The summed E-state index contributed by atoms with van der Waals surface area (Å²) in [7, 11) is 0. The van der Waals surface area contributed by atoms with Gasteiger partial charge >= 0.3 is 0 Å². The van der Waals surface area contributed by atoms with Crippen LogP contribution < -0.4 is 5.73 Å². The predicted molar refractivity (Wildman–Crippen MR) is 78.5 cm³/mol. The summed E-state index contributed by atoms with van der Waals surface area (Å²) in [6, 6.07) is 12.1. The first-order valence-corrected chi connectivity index (χ1v) is 6.80. The molecule has 19 heavy (non-hydrogen) atoms. The third kappa shape index (κ3) is 2.30. The number of hydrogen-bond donors (Lipinski definition) is 2. The zero-order valence-corrected chi connectivity index (χ0v) is 11.2. The summed E-state index contributed by atoms with van der Waals surface area (Å²) in [6.45, 7) is 2.07. The van der Waals surface area contributed by atoms with Crippen LogP contribution in [0.2, 0.25) is 0 Å². The lowest BCUT2D eigenvalue weighted by Gasteiger charge is -2.26. The molecule has 0 aliphatic heterocycles. The highest BCUT2D eigenvalue weighted by Gasteiger charge is 2.21. The largest absolute Gasteiger partial charge is 0.508 e. The van der Waals surface area contributed by atoms with Gasteiger partial charge in [0.25, 0.3) is 0 Å². The van der Waals surface area contributed by atoms with E-state index >= 15 is 0 Å². The summed E-state index contributed by atoms with van der Waals surface area (Å²) in [5.74, 6) is 0.865. The quantitative estimate of drug-likeness (QED) is 0.763. The SMILES string of the molecule is Cc1ccc(C2CCc3cc(O)ccc3C2)c(N)c1. The van der Waals surface area contributed by atoms with E-state index in [1.165, 1.54) is 22.3 Å². The van der Waals surface area contributed by atoms with Crippen LogP contribution >= 0.6 is 0 Å². The number of hydrogen-bond acceptors (Lipinski definition) is 2. The highest BCUT2D eigenvalue weighted by Crippen LogP contribution is 2.36. The van der Waals surface area contributed by atoms with Gasteiger partial charge in [0.15, 0.2) is 0 Å². The molecule has 3 N–H and O–H groups in total. The Morgan fingerprint density at radius 3 is 2.74 bits per heavy atom. The predicted octanol–water partition coefficient (Wildman–Crippen LogP) is 3.56. The average molecular weight is 253 g/mol. The monoisotopic (exact) mass is 253 g/mol. The highest BCUT2D eigenvalue weighted by atomic mass is 16.3. The molecule has 0 amide bonds. The Hall–Kier alpha value is -1.96. The first-order chi connectivity index (χ1) is 9.13. The Morgan fingerprint density at radius 2 is 1.95 bits per heavy atom. The van der Waals surface area contributed by atoms with Gasteiger partial charge in [-0.1, -0.05) is 18.2 Å². The van der Waals surface area contributed by atoms with Crippen molar-refractivity contribution >= 4 is 5.69 Å². The number of rotatable bonds is 1. The molecule has 3 rings (SSSR count). The highest BCUT2D eigenvalue weighted by molar-refractivity contribution is 5.52. The molecule has 2 nitrogen and oxygen atoms in total. The Kier molecular flexibility index (Phi) is 2.94. The van der Waals surface area contributed by atoms with E-state index in [1.807, 2.05) is 12.1 Å². The third-order valence-corrected chi connectivity index (χ3v) is 4.10. The van der Waals surface area contributed by atoms with Crippen molar-refractivity contribution in [3.8, 4) is 5.75 Å². The van der Waals surface area contributed by atoms with Gasteiger partial charge in [-0.3, -0.25) is 0 Å². The van der Waals surface area contributed by atoms with E-state index < -0.39 is 0 Å². The van der Waals surface area contributed by atoms with Crippen LogP contribution in [-0.2, 0) is 12.8 Å². The van der Waals surface area contributed by atoms with E-state index in [1.54, 1.807) is 6.07 Å². The molecule has 0 fully saturated rings. The van der Waals surface area contributed by atoms with Gasteiger partial charge in [-0.25, -0.2) is 0 Å². The minimum absolute atomic E-state index is 0.368. The summed E-state index contributed by atoms with van der Waals surface area (Å²) in [5, 5.41) is 9.53. The second-order valence-corrected chi connectivity index (χ2v) is 5.53. The summed E-state index contributed by atoms with van der Waals surface area (Å²) >= 11 is 0. The van der Waals surface area contributed by atoms with Gasteiger partial charge in [0.1, 0.15) is 5.75 Å².